The summed E-state index contributed by atoms with van der Waals surface area (Å²) >= 11 is 6.85. The molecule has 0 bridgehead atoms. The Morgan fingerprint density at radius 3 is 2.52 bits per heavy atom. The fourth-order valence-electron chi connectivity index (χ4n) is 3.56. The number of rotatable bonds is 12. The van der Waals surface area contributed by atoms with Gasteiger partial charge in [0.1, 0.15) is 12.4 Å². The molecule has 0 saturated carbocycles. The van der Waals surface area contributed by atoms with E-state index in [-0.39, 0.29) is 22.3 Å². The van der Waals surface area contributed by atoms with Crippen molar-refractivity contribution in [2.45, 2.75) is 76.1 Å². The fourth-order valence-corrected chi connectivity index (χ4v) is 4.81. The molecule has 0 N–H and O–H groups in total. The van der Waals surface area contributed by atoms with E-state index in [1.165, 1.54) is 49.2 Å². The predicted octanol–water partition coefficient (Wildman–Crippen LogP) is 7.15. The van der Waals surface area contributed by atoms with Gasteiger partial charge in [-0.2, -0.15) is 13.2 Å². The summed E-state index contributed by atoms with van der Waals surface area (Å²) in [5.74, 6) is -0.0726. The highest BCUT2D eigenvalue weighted by Crippen LogP contribution is 2.44. The molecule has 8 heteroatoms. The van der Waals surface area contributed by atoms with Crippen LogP contribution in [0.1, 0.15) is 69.9 Å². The minimum atomic E-state index is -4.60. The van der Waals surface area contributed by atoms with Crippen molar-refractivity contribution in [1.82, 2.24) is 0 Å². The van der Waals surface area contributed by atoms with Crippen molar-refractivity contribution in [3.63, 3.8) is 0 Å². The number of benzene rings is 1. The molecule has 0 aliphatic carbocycles. The molecule has 0 spiro atoms. The van der Waals surface area contributed by atoms with E-state index in [4.69, 9.17) is 16.3 Å². The van der Waals surface area contributed by atoms with Crippen LogP contribution in [0, 0.1) is 0 Å². The van der Waals surface area contributed by atoms with Crippen LogP contribution in [-0.2, 0) is 26.9 Å². The third-order valence-corrected chi connectivity index (χ3v) is 6.67. The highest BCUT2D eigenvalue weighted by atomic mass is 35.5. The Morgan fingerprint density at radius 1 is 1.16 bits per heavy atom. The molecule has 1 aromatic rings. The lowest BCUT2D eigenvalue weighted by Gasteiger charge is -2.26. The molecule has 1 atom stereocenters. The molecule has 0 saturated heterocycles. The smallest absolute Gasteiger partial charge is 0.416 e. The van der Waals surface area contributed by atoms with E-state index < -0.39 is 28.7 Å². The Labute approximate surface area is 190 Å². The van der Waals surface area contributed by atoms with E-state index in [9.17, 15) is 22.8 Å². The third kappa shape index (κ3) is 7.86. The third-order valence-electron chi connectivity index (χ3n) is 5.26. The largest absolute Gasteiger partial charge is 0.489 e. The molecule has 172 valence electrons. The van der Waals surface area contributed by atoms with Gasteiger partial charge >= 0.3 is 6.18 Å². The number of carbonyl (C=O) groups excluding carboxylic acids is 2. The van der Waals surface area contributed by atoms with Crippen LogP contribution < -0.4 is 0 Å². The molecule has 1 aliphatic heterocycles. The molecule has 0 aromatic heterocycles. The second-order valence-corrected chi connectivity index (χ2v) is 9.93. The number of hydrogen-bond donors (Lipinski definition) is 0. The van der Waals surface area contributed by atoms with Gasteiger partial charge in [-0.05, 0) is 31.0 Å². The van der Waals surface area contributed by atoms with Crippen molar-refractivity contribution in [3.05, 3.63) is 46.2 Å². The van der Waals surface area contributed by atoms with Gasteiger partial charge in [0, 0.05) is 17.5 Å². The Kier molecular flexibility index (Phi) is 9.49. The van der Waals surface area contributed by atoms with Crippen molar-refractivity contribution >= 4 is 34.3 Å². The summed E-state index contributed by atoms with van der Waals surface area (Å²) in [4.78, 5) is 24.3. The summed E-state index contributed by atoms with van der Waals surface area (Å²) in [5, 5.41) is -0.176. The quantitative estimate of drug-likeness (QED) is 0.300. The van der Waals surface area contributed by atoms with Crippen LogP contribution in [0.4, 0.5) is 13.2 Å². The number of halogens is 4. The standard InChI is InChI=1S/C23H28ClF3O3S/c1-3-4-5-6-7-8-11-22(2)20(14-21(29)31-22)30-15-18(28)12-16-9-10-17(24)13-19(16)23(25,26)27/h9-10,13-14H,3-8,11-12,15H2,1-2H3. The van der Waals surface area contributed by atoms with Crippen molar-refractivity contribution in [2.24, 2.45) is 0 Å². The van der Waals surface area contributed by atoms with Gasteiger partial charge in [0.25, 0.3) is 0 Å². The Morgan fingerprint density at radius 2 is 1.84 bits per heavy atom. The number of carbonyl (C=O) groups is 2. The molecule has 3 nitrogen and oxygen atoms in total. The minimum Gasteiger partial charge on any atom is -0.489 e. The molecule has 1 aromatic carbocycles. The molecule has 31 heavy (non-hydrogen) atoms. The van der Waals surface area contributed by atoms with Crippen LogP contribution in [0.25, 0.3) is 0 Å². The minimum absolute atomic E-state index is 0.0446. The van der Waals surface area contributed by atoms with Gasteiger partial charge in [0.2, 0.25) is 5.12 Å². The maximum absolute atomic E-state index is 13.2. The zero-order valence-electron chi connectivity index (χ0n) is 17.8. The van der Waals surface area contributed by atoms with Crippen molar-refractivity contribution in [2.75, 3.05) is 6.61 Å². The van der Waals surface area contributed by atoms with Gasteiger partial charge in [0.05, 0.1) is 10.3 Å². The topological polar surface area (TPSA) is 43.4 Å². The number of ketones is 1. The number of unbranched alkanes of at least 4 members (excludes halogenated alkanes) is 5. The van der Waals surface area contributed by atoms with E-state index >= 15 is 0 Å². The number of thioether (sulfide) groups is 1. The number of hydrogen-bond acceptors (Lipinski definition) is 4. The van der Waals surface area contributed by atoms with Gasteiger partial charge in [-0.1, -0.05) is 74.9 Å². The number of Topliss-reactive ketones (excluding diaryl/α,β-unsaturated/α-hetero) is 1. The predicted molar refractivity (Wildman–Crippen MR) is 118 cm³/mol. The Bertz CT molecular complexity index is 823. The second-order valence-electron chi connectivity index (χ2n) is 7.98. The van der Waals surface area contributed by atoms with Crippen molar-refractivity contribution < 1.29 is 27.5 Å². The summed E-state index contributed by atoms with van der Waals surface area (Å²) in [6.07, 6.45) is 3.83. The summed E-state index contributed by atoms with van der Waals surface area (Å²) in [5.41, 5.74) is -1.07. The first kappa shape index (κ1) is 25.8. The second kappa shape index (κ2) is 11.4. The van der Waals surface area contributed by atoms with E-state index in [1.807, 2.05) is 6.92 Å². The van der Waals surface area contributed by atoms with Crippen molar-refractivity contribution in [1.29, 1.82) is 0 Å². The summed E-state index contributed by atoms with van der Waals surface area (Å²) in [6, 6.07) is 3.35. The molecular formula is C23H28ClF3O3S. The maximum atomic E-state index is 13.2. The van der Waals surface area contributed by atoms with E-state index in [0.717, 1.165) is 31.7 Å². The molecule has 0 amide bonds. The lowest BCUT2D eigenvalue weighted by atomic mass is 9.98. The maximum Gasteiger partial charge on any atom is 0.416 e. The Balaban J connectivity index is 1.93. The van der Waals surface area contributed by atoms with Crippen LogP contribution in [0.3, 0.4) is 0 Å². The zero-order chi connectivity index (χ0) is 23.1. The molecule has 0 fully saturated rings. The molecule has 0 radical (unpaired) electrons. The number of ether oxygens (including phenoxy) is 1. The van der Waals surface area contributed by atoms with Crippen molar-refractivity contribution in [3.8, 4) is 0 Å². The van der Waals surface area contributed by atoms with Gasteiger partial charge < -0.3 is 4.74 Å². The van der Waals surface area contributed by atoms with Crippen LogP contribution >= 0.6 is 23.4 Å². The van der Waals surface area contributed by atoms with Crippen LogP contribution in [-0.4, -0.2) is 22.3 Å². The van der Waals surface area contributed by atoms with Gasteiger partial charge in [-0.15, -0.1) is 0 Å². The number of alkyl halides is 3. The molecule has 1 aliphatic rings. The average Bonchev–Trinajstić information content (AvgIpc) is 2.97. The van der Waals surface area contributed by atoms with Gasteiger partial charge in [0.15, 0.2) is 5.78 Å². The Hall–Kier alpha value is -1.47. The normalized spacial score (nSPS) is 18.9. The first-order chi connectivity index (χ1) is 14.5. The monoisotopic (exact) mass is 476 g/mol. The molecule has 1 unspecified atom stereocenters. The molecule has 2 rings (SSSR count). The van der Waals surface area contributed by atoms with Crippen LogP contribution in [0.5, 0.6) is 0 Å². The summed E-state index contributed by atoms with van der Waals surface area (Å²) in [7, 11) is 0. The SMILES string of the molecule is CCCCCCCCC1(C)SC(=O)C=C1OCC(=O)Cc1ccc(Cl)cc1C(F)(F)F. The highest BCUT2D eigenvalue weighted by Gasteiger charge is 2.39. The summed E-state index contributed by atoms with van der Waals surface area (Å²) in [6.45, 7) is 3.69. The van der Waals surface area contributed by atoms with E-state index in [0.29, 0.717) is 5.76 Å². The van der Waals surface area contributed by atoms with Crippen LogP contribution in [0.2, 0.25) is 5.02 Å². The molecule has 1 heterocycles. The van der Waals surface area contributed by atoms with E-state index in [1.54, 1.807) is 0 Å². The van der Waals surface area contributed by atoms with E-state index in [2.05, 4.69) is 6.92 Å². The lowest BCUT2D eigenvalue weighted by Crippen LogP contribution is -2.24. The van der Waals surface area contributed by atoms with Gasteiger partial charge in [-0.25, -0.2) is 0 Å². The molecular weight excluding hydrogens is 449 g/mol. The van der Waals surface area contributed by atoms with Crippen LogP contribution in [0.15, 0.2) is 30.0 Å². The summed E-state index contributed by atoms with van der Waals surface area (Å²) < 4.78 is 44.8. The first-order valence-corrected chi connectivity index (χ1v) is 11.7. The fraction of sp³-hybridized carbons (Fsp3) is 0.565. The zero-order valence-corrected chi connectivity index (χ0v) is 19.4. The van der Waals surface area contributed by atoms with Gasteiger partial charge in [-0.3, -0.25) is 9.59 Å². The lowest BCUT2D eigenvalue weighted by molar-refractivity contribution is -0.138. The average molecular weight is 477 g/mol. The highest BCUT2D eigenvalue weighted by molar-refractivity contribution is 8.15. The first-order valence-electron chi connectivity index (χ1n) is 10.5.